The fourth-order valence-electron chi connectivity index (χ4n) is 3.36. The van der Waals surface area contributed by atoms with Crippen LogP contribution in [-0.2, 0) is 16.5 Å². The number of halogens is 4. The van der Waals surface area contributed by atoms with Crippen molar-refractivity contribution < 1.29 is 22.4 Å². The summed E-state index contributed by atoms with van der Waals surface area (Å²) < 4.78 is 54.5. The van der Waals surface area contributed by atoms with Crippen molar-refractivity contribution in [3.8, 4) is 11.3 Å². The van der Waals surface area contributed by atoms with Crippen LogP contribution in [0.4, 0.5) is 17.6 Å². The highest BCUT2D eigenvalue weighted by Gasteiger charge is 2.50. The number of nitrogens with zero attached hydrogens (tertiary/aromatic N) is 5. The highest BCUT2D eigenvalue weighted by atomic mass is 19.4. The minimum atomic E-state index is -4.69. The van der Waals surface area contributed by atoms with E-state index in [1.807, 2.05) is 0 Å². The summed E-state index contributed by atoms with van der Waals surface area (Å²) in [5, 5.41) is 0. The largest absolute Gasteiger partial charge is 0.417 e. The third-order valence-corrected chi connectivity index (χ3v) is 4.95. The Labute approximate surface area is 173 Å². The minimum absolute atomic E-state index is 0.000958. The zero-order chi connectivity index (χ0) is 22.4. The first-order chi connectivity index (χ1) is 14.6. The van der Waals surface area contributed by atoms with Crippen molar-refractivity contribution in [1.29, 1.82) is 0 Å². The second-order valence-electron chi connectivity index (χ2n) is 6.79. The Morgan fingerprint density at radius 2 is 1.81 bits per heavy atom. The van der Waals surface area contributed by atoms with Crippen LogP contribution >= 0.6 is 0 Å². The van der Waals surface area contributed by atoms with E-state index in [2.05, 4.69) is 19.9 Å². The molecule has 3 aromatic rings. The lowest BCUT2D eigenvalue weighted by molar-refractivity contribution is -0.138. The molecule has 0 saturated carbocycles. The molecule has 31 heavy (non-hydrogen) atoms. The number of pyridine rings is 1. The molecule has 1 aliphatic heterocycles. The van der Waals surface area contributed by atoms with Crippen LogP contribution in [0.15, 0.2) is 60.2 Å². The van der Waals surface area contributed by atoms with Gasteiger partial charge in [-0.2, -0.15) is 13.2 Å². The third-order valence-electron chi connectivity index (χ3n) is 4.95. The predicted octanol–water partition coefficient (Wildman–Crippen LogP) is 2.73. The van der Waals surface area contributed by atoms with Gasteiger partial charge in [0, 0.05) is 43.0 Å². The Morgan fingerprint density at radius 3 is 2.42 bits per heavy atom. The Balaban J connectivity index is 1.99. The SMILES string of the molecule is CN1C(=O)C(c2cncc(C(F)(F)F)c2)(c2ccc(F)c(-c3cnccn3)c2)N=C1N. The molecule has 0 radical (unpaired) electrons. The van der Waals surface area contributed by atoms with E-state index in [9.17, 15) is 22.4 Å². The van der Waals surface area contributed by atoms with Gasteiger partial charge in [0.2, 0.25) is 0 Å². The van der Waals surface area contributed by atoms with Gasteiger partial charge in [-0.15, -0.1) is 0 Å². The average Bonchev–Trinajstić information content (AvgIpc) is 2.99. The van der Waals surface area contributed by atoms with Gasteiger partial charge in [-0.1, -0.05) is 6.07 Å². The van der Waals surface area contributed by atoms with Crippen LogP contribution in [0.1, 0.15) is 16.7 Å². The molecule has 0 aliphatic carbocycles. The quantitative estimate of drug-likeness (QED) is 0.645. The van der Waals surface area contributed by atoms with E-state index in [-0.39, 0.29) is 28.3 Å². The lowest BCUT2D eigenvalue weighted by Crippen LogP contribution is -2.41. The van der Waals surface area contributed by atoms with Crippen molar-refractivity contribution in [2.24, 2.45) is 10.7 Å². The summed E-state index contributed by atoms with van der Waals surface area (Å²) in [6.07, 6.45) is 1.14. The van der Waals surface area contributed by atoms with Crippen LogP contribution in [0.25, 0.3) is 11.3 Å². The van der Waals surface area contributed by atoms with E-state index in [1.165, 1.54) is 37.8 Å². The number of alkyl halides is 3. The minimum Gasteiger partial charge on any atom is -0.369 e. The monoisotopic (exact) mass is 430 g/mol. The number of rotatable bonds is 3. The van der Waals surface area contributed by atoms with Crippen molar-refractivity contribution in [2.75, 3.05) is 7.05 Å². The van der Waals surface area contributed by atoms with E-state index >= 15 is 0 Å². The van der Waals surface area contributed by atoms with E-state index < -0.39 is 29.0 Å². The maximum absolute atomic E-state index is 14.6. The van der Waals surface area contributed by atoms with Gasteiger partial charge in [-0.3, -0.25) is 24.6 Å². The molecule has 1 unspecified atom stereocenters. The summed E-state index contributed by atoms with van der Waals surface area (Å²) >= 11 is 0. The van der Waals surface area contributed by atoms with Crippen molar-refractivity contribution in [1.82, 2.24) is 19.9 Å². The molecule has 158 valence electrons. The summed E-state index contributed by atoms with van der Waals surface area (Å²) in [7, 11) is 1.34. The Hall–Kier alpha value is -3.89. The second kappa shape index (κ2) is 7.11. The summed E-state index contributed by atoms with van der Waals surface area (Å²) in [6.45, 7) is 0. The van der Waals surface area contributed by atoms with Crippen LogP contribution in [0.3, 0.4) is 0 Å². The van der Waals surface area contributed by atoms with E-state index in [4.69, 9.17) is 5.73 Å². The van der Waals surface area contributed by atoms with Crippen LogP contribution in [-0.4, -0.2) is 38.8 Å². The number of carbonyl (C=O) groups is 1. The second-order valence-corrected chi connectivity index (χ2v) is 6.79. The number of aromatic nitrogens is 3. The summed E-state index contributed by atoms with van der Waals surface area (Å²) in [5.41, 5.74) is 2.93. The van der Waals surface area contributed by atoms with E-state index in [0.717, 1.165) is 23.2 Å². The summed E-state index contributed by atoms with van der Waals surface area (Å²) in [4.78, 5) is 30.1. The molecule has 0 fully saturated rings. The molecule has 1 aliphatic rings. The fraction of sp³-hybridized carbons (Fsp3) is 0.150. The van der Waals surface area contributed by atoms with Crippen LogP contribution < -0.4 is 5.73 Å². The van der Waals surface area contributed by atoms with Crippen LogP contribution in [0.5, 0.6) is 0 Å². The Bertz CT molecular complexity index is 1200. The molecule has 4 rings (SSSR count). The molecular formula is C20H14F4N6O. The number of guanidine groups is 1. The molecule has 0 bridgehead atoms. The molecule has 0 saturated heterocycles. The number of aliphatic imine (C=N–C) groups is 1. The van der Waals surface area contributed by atoms with E-state index in [1.54, 1.807) is 0 Å². The first-order valence-electron chi connectivity index (χ1n) is 8.87. The van der Waals surface area contributed by atoms with Gasteiger partial charge in [0.1, 0.15) is 5.82 Å². The van der Waals surface area contributed by atoms with E-state index in [0.29, 0.717) is 6.20 Å². The number of amides is 1. The lowest BCUT2D eigenvalue weighted by Gasteiger charge is -2.26. The molecule has 1 amide bonds. The first-order valence-corrected chi connectivity index (χ1v) is 8.87. The number of nitrogens with two attached hydrogens (primary N) is 1. The zero-order valence-electron chi connectivity index (χ0n) is 15.9. The smallest absolute Gasteiger partial charge is 0.369 e. The third kappa shape index (κ3) is 3.27. The number of hydrogen-bond acceptors (Lipinski definition) is 6. The maximum atomic E-state index is 14.6. The summed E-state index contributed by atoms with van der Waals surface area (Å²) in [5.74, 6) is -1.56. The van der Waals surface area contributed by atoms with Crippen molar-refractivity contribution in [3.63, 3.8) is 0 Å². The average molecular weight is 430 g/mol. The molecule has 11 heteroatoms. The molecule has 1 aromatic carbocycles. The van der Waals surface area contributed by atoms with Crippen LogP contribution in [0, 0.1) is 5.82 Å². The Kier molecular flexibility index (Phi) is 4.68. The van der Waals surface area contributed by atoms with Crippen molar-refractivity contribution in [2.45, 2.75) is 11.7 Å². The number of carbonyl (C=O) groups excluding carboxylic acids is 1. The van der Waals surface area contributed by atoms with Gasteiger partial charge < -0.3 is 5.73 Å². The first kappa shape index (κ1) is 20.4. The molecule has 1 atom stereocenters. The fourth-order valence-corrected chi connectivity index (χ4v) is 3.36. The lowest BCUT2D eigenvalue weighted by atomic mass is 9.82. The van der Waals surface area contributed by atoms with Crippen LogP contribution in [0.2, 0.25) is 0 Å². The van der Waals surface area contributed by atoms with Gasteiger partial charge in [-0.25, -0.2) is 9.38 Å². The number of likely N-dealkylation sites (N-methyl/N-ethyl adjacent to an activating group) is 1. The molecule has 2 aromatic heterocycles. The molecular weight excluding hydrogens is 416 g/mol. The van der Waals surface area contributed by atoms with Gasteiger partial charge in [-0.05, 0) is 23.8 Å². The molecule has 2 N–H and O–H groups in total. The van der Waals surface area contributed by atoms with Crippen molar-refractivity contribution >= 4 is 11.9 Å². The van der Waals surface area contributed by atoms with Gasteiger partial charge in [0.25, 0.3) is 5.91 Å². The van der Waals surface area contributed by atoms with Crippen molar-refractivity contribution in [3.05, 3.63) is 77.8 Å². The molecule has 0 spiro atoms. The highest BCUT2D eigenvalue weighted by molar-refractivity contribution is 6.09. The molecule has 3 heterocycles. The molecule has 7 nitrogen and oxygen atoms in total. The standard InChI is InChI=1S/C20H14F4N6O/c1-30-17(31)19(29-18(30)25,12-6-13(9-27-8-12)20(22,23)24)11-2-3-15(21)14(7-11)16-10-26-4-5-28-16/h2-10H,1H3,(H2,25,29). The normalized spacial score (nSPS) is 18.9. The number of benzene rings is 1. The highest BCUT2D eigenvalue weighted by Crippen LogP contribution is 2.42. The zero-order valence-corrected chi connectivity index (χ0v) is 15.9. The summed E-state index contributed by atoms with van der Waals surface area (Å²) in [6, 6.07) is 4.43. The van der Waals surface area contributed by atoms with Gasteiger partial charge >= 0.3 is 6.18 Å². The number of hydrogen-bond donors (Lipinski definition) is 1. The maximum Gasteiger partial charge on any atom is 0.417 e. The Morgan fingerprint density at radius 1 is 1.03 bits per heavy atom. The van der Waals surface area contributed by atoms with Gasteiger partial charge in [0.15, 0.2) is 11.5 Å². The topological polar surface area (TPSA) is 97.4 Å². The van der Waals surface area contributed by atoms with Gasteiger partial charge in [0.05, 0.1) is 17.5 Å². The predicted molar refractivity (Wildman–Crippen MR) is 102 cm³/mol.